The van der Waals surface area contributed by atoms with E-state index in [4.69, 9.17) is 0 Å². The van der Waals surface area contributed by atoms with E-state index in [1.54, 1.807) is 42.9 Å². The van der Waals surface area contributed by atoms with Crippen molar-refractivity contribution in [1.82, 2.24) is 24.9 Å². The van der Waals surface area contributed by atoms with Crippen LogP contribution in [0.15, 0.2) is 42.6 Å². The second kappa shape index (κ2) is 13.2. The largest absolute Gasteiger partial charge is 0.416 e. The fraction of sp³-hybridized carbons (Fsp3) is 0.459. The van der Waals surface area contributed by atoms with Gasteiger partial charge >= 0.3 is 6.18 Å². The van der Waals surface area contributed by atoms with Crippen LogP contribution in [0.1, 0.15) is 88.5 Å². The van der Waals surface area contributed by atoms with E-state index in [-0.39, 0.29) is 41.7 Å². The number of likely N-dealkylation sites (N-methyl/N-ethyl adjacent to an activating group) is 1. The van der Waals surface area contributed by atoms with Crippen molar-refractivity contribution in [2.45, 2.75) is 76.3 Å². The summed E-state index contributed by atoms with van der Waals surface area (Å²) in [6, 6.07) is 7.77. The highest BCUT2D eigenvalue weighted by Gasteiger charge is 2.40. The number of nitrogens with zero attached hydrogens (tertiary/aromatic N) is 5. The number of halogens is 3. The zero-order valence-corrected chi connectivity index (χ0v) is 29.1. The molecule has 1 aliphatic carbocycles. The van der Waals surface area contributed by atoms with Gasteiger partial charge in [-0.15, -0.1) is 0 Å². The van der Waals surface area contributed by atoms with Gasteiger partial charge in [0.2, 0.25) is 11.8 Å². The summed E-state index contributed by atoms with van der Waals surface area (Å²) in [5.41, 5.74) is 2.23. The third-order valence-electron chi connectivity index (χ3n) is 10.7. The van der Waals surface area contributed by atoms with Crippen molar-refractivity contribution < 1.29 is 37.1 Å². The summed E-state index contributed by atoms with van der Waals surface area (Å²) < 4.78 is 41.9. The molecule has 4 heterocycles. The maximum Gasteiger partial charge on any atom is 0.416 e. The first-order valence-electron chi connectivity index (χ1n) is 17.4. The summed E-state index contributed by atoms with van der Waals surface area (Å²) in [5.74, 6) is -1.41. The van der Waals surface area contributed by atoms with Crippen LogP contribution >= 0.6 is 0 Å². The molecule has 3 aromatic rings. The molecule has 1 unspecified atom stereocenters. The molecule has 3 fully saturated rings. The van der Waals surface area contributed by atoms with Gasteiger partial charge in [0.25, 0.3) is 11.8 Å². The number of alkyl halides is 3. The number of amides is 4. The van der Waals surface area contributed by atoms with Crippen LogP contribution in [0.5, 0.6) is 0 Å². The molecule has 1 atom stereocenters. The lowest BCUT2D eigenvalue weighted by molar-refractivity contribution is -0.138. The van der Waals surface area contributed by atoms with Crippen molar-refractivity contribution >= 4 is 41.3 Å². The van der Waals surface area contributed by atoms with Gasteiger partial charge < -0.3 is 15.1 Å². The lowest BCUT2D eigenvalue weighted by atomic mass is 9.96. The maximum absolute atomic E-state index is 13.6. The fourth-order valence-electron chi connectivity index (χ4n) is 7.47. The average molecular weight is 720 g/mol. The van der Waals surface area contributed by atoms with E-state index in [0.29, 0.717) is 36.5 Å². The molecule has 0 bridgehead atoms. The number of hydrogen-bond acceptors (Lipinski definition) is 8. The second-order valence-electron chi connectivity index (χ2n) is 14.8. The Morgan fingerprint density at radius 2 is 1.81 bits per heavy atom. The van der Waals surface area contributed by atoms with E-state index >= 15 is 0 Å². The van der Waals surface area contributed by atoms with E-state index < -0.39 is 35.1 Å². The summed E-state index contributed by atoms with van der Waals surface area (Å²) in [6.07, 6.45) is -0.131. The molecule has 12 nitrogen and oxygen atoms in total. The molecule has 0 spiro atoms. The summed E-state index contributed by atoms with van der Waals surface area (Å²) in [6.45, 7) is 7.03. The van der Waals surface area contributed by atoms with Crippen molar-refractivity contribution in [3.05, 3.63) is 76.1 Å². The number of rotatable bonds is 10. The van der Waals surface area contributed by atoms with Crippen LogP contribution in [-0.4, -0.2) is 82.2 Å². The van der Waals surface area contributed by atoms with E-state index in [2.05, 4.69) is 25.5 Å². The van der Waals surface area contributed by atoms with Gasteiger partial charge in [-0.3, -0.25) is 38.9 Å². The number of fused-ring (bicyclic) bond motifs is 1. The number of imide groups is 1. The van der Waals surface area contributed by atoms with Gasteiger partial charge in [-0.05, 0) is 81.0 Å². The number of aromatic nitrogens is 2. The highest BCUT2D eigenvalue weighted by molar-refractivity contribution is 6.06. The maximum atomic E-state index is 13.6. The average Bonchev–Trinajstić information content (AvgIpc) is 3.73. The zero-order valence-electron chi connectivity index (χ0n) is 29.1. The second-order valence-corrected chi connectivity index (χ2v) is 14.8. The van der Waals surface area contributed by atoms with Gasteiger partial charge in [-0.2, -0.15) is 18.3 Å². The Bertz CT molecular complexity index is 1960. The molecule has 2 N–H and O–H groups in total. The van der Waals surface area contributed by atoms with Gasteiger partial charge in [0.1, 0.15) is 11.6 Å². The van der Waals surface area contributed by atoms with Crippen molar-refractivity contribution in [2.75, 3.05) is 36.9 Å². The number of hydrogen-bond donors (Lipinski definition) is 2. The van der Waals surface area contributed by atoms with Gasteiger partial charge in [0.05, 0.1) is 23.0 Å². The molecular weight excluding hydrogens is 679 g/mol. The van der Waals surface area contributed by atoms with Gasteiger partial charge in [-0.25, -0.2) is 0 Å². The molecule has 15 heteroatoms. The molecule has 1 aromatic heterocycles. The SMILES string of the molecule is CN(C(=O)c1ccc(N2CC(CN3Cc4cnn(C(C)(C)C(=O)Nc5ccc(C(F)(F)F)cc5C5CC5)c4C3)C2)cc1C=O)C1CCC(=O)NC1=O. The Labute approximate surface area is 298 Å². The highest BCUT2D eigenvalue weighted by atomic mass is 19.4. The Hall–Kier alpha value is -5.05. The van der Waals surface area contributed by atoms with E-state index in [9.17, 15) is 37.1 Å². The molecule has 7 rings (SSSR count). The van der Waals surface area contributed by atoms with E-state index in [0.717, 1.165) is 61.6 Å². The van der Waals surface area contributed by atoms with Crippen molar-refractivity contribution in [2.24, 2.45) is 5.92 Å². The van der Waals surface area contributed by atoms with Gasteiger partial charge in [0.15, 0.2) is 6.29 Å². The number of aldehydes is 1. The Balaban J connectivity index is 0.953. The normalized spacial score (nSPS) is 19.6. The van der Waals surface area contributed by atoms with E-state index in [1.807, 2.05) is 0 Å². The van der Waals surface area contributed by atoms with E-state index in [1.165, 1.54) is 18.0 Å². The predicted molar refractivity (Wildman–Crippen MR) is 184 cm³/mol. The quantitative estimate of drug-likeness (QED) is 0.234. The minimum atomic E-state index is -4.46. The molecule has 3 aliphatic heterocycles. The standard InChI is InChI=1S/C37H40F3N7O5/c1-36(2,35(52)42-29-9-6-25(37(38,39)40)13-28(29)22-4-5-22)47-31-19-45(18-24(31)14-41-47)15-21-16-46(17-21)26-7-8-27(23(12-26)20-48)34(51)44(3)30-10-11-32(49)43-33(30)50/h6-9,12-14,20-22,30H,4-5,10-11,15-19H2,1-3H3,(H,42,52)(H,43,49,50). The molecule has 52 heavy (non-hydrogen) atoms. The highest BCUT2D eigenvalue weighted by Crippen LogP contribution is 2.46. The summed E-state index contributed by atoms with van der Waals surface area (Å²) in [4.78, 5) is 68.4. The molecule has 4 aliphatic rings. The van der Waals surface area contributed by atoms with Crippen LogP contribution in [0.3, 0.4) is 0 Å². The first-order chi connectivity index (χ1) is 24.6. The Morgan fingerprint density at radius 1 is 1.06 bits per heavy atom. The van der Waals surface area contributed by atoms with Crippen LogP contribution in [0.25, 0.3) is 0 Å². The summed E-state index contributed by atoms with van der Waals surface area (Å²) >= 11 is 0. The van der Waals surface area contributed by atoms with Gasteiger partial charge in [0, 0.05) is 74.6 Å². The lowest BCUT2D eigenvalue weighted by Gasteiger charge is -2.43. The third kappa shape index (κ3) is 6.69. The Kier molecular flexibility index (Phi) is 8.96. The molecule has 0 radical (unpaired) electrons. The number of piperidine rings is 1. The van der Waals surface area contributed by atoms with Crippen LogP contribution in [-0.2, 0) is 39.2 Å². The number of nitrogens with one attached hydrogen (secondary N) is 2. The molecule has 2 saturated heterocycles. The first kappa shape index (κ1) is 35.4. The smallest absolute Gasteiger partial charge is 0.371 e. The van der Waals surface area contributed by atoms with Crippen molar-refractivity contribution in [1.29, 1.82) is 0 Å². The van der Waals surface area contributed by atoms with Crippen LogP contribution in [0.2, 0.25) is 0 Å². The number of carbonyl (C=O) groups is 5. The third-order valence-corrected chi connectivity index (χ3v) is 10.7. The first-order valence-corrected chi connectivity index (χ1v) is 17.4. The molecule has 4 amide bonds. The fourth-order valence-corrected chi connectivity index (χ4v) is 7.47. The molecule has 274 valence electrons. The number of benzene rings is 2. The zero-order chi connectivity index (χ0) is 37.1. The predicted octanol–water partition coefficient (Wildman–Crippen LogP) is 4.29. The van der Waals surface area contributed by atoms with Crippen LogP contribution in [0.4, 0.5) is 24.5 Å². The number of carbonyl (C=O) groups excluding carboxylic acids is 5. The lowest BCUT2D eigenvalue weighted by Crippen LogP contribution is -2.53. The van der Waals surface area contributed by atoms with Crippen LogP contribution < -0.4 is 15.5 Å². The minimum absolute atomic E-state index is 0.000157. The summed E-state index contributed by atoms with van der Waals surface area (Å²) in [5, 5.41) is 9.70. The van der Waals surface area contributed by atoms with Gasteiger partial charge in [-0.1, -0.05) is 0 Å². The molecular formula is C37H40F3N7O5. The molecule has 2 aromatic carbocycles. The van der Waals surface area contributed by atoms with Crippen LogP contribution in [0, 0.1) is 5.92 Å². The summed E-state index contributed by atoms with van der Waals surface area (Å²) in [7, 11) is 1.49. The number of anilines is 2. The van der Waals surface area contributed by atoms with Crippen molar-refractivity contribution in [3.8, 4) is 0 Å². The monoisotopic (exact) mass is 719 g/mol. The van der Waals surface area contributed by atoms with Crippen molar-refractivity contribution in [3.63, 3.8) is 0 Å². The topological polar surface area (TPSA) is 137 Å². The minimum Gasteiger partial charge on any atom is -0.371 e. The molecule has 1 saturated carbocycles. The Morgan fingerprint density at radius 3 is 2.48 bits per heavy atom.